The zero-order chi connectivity index (χ0) is 22.9. The van der Waals surface area contributed by atoms with Crippen LogP contribution in [0, 0.1) is 6.92 Å². The van der Waals surface area contributed by atoms with Gasteiger partial charge in [0.05, 0.1) is 29.3 Å². The van der Waals surface area contributed by atoms with Crippen molar-refractivity contribution in [3.05, 3.63) is 58.1 Å². The third kappa shape index (κ3) is 4.98. The van der Waals surface area contributed by atoms with Crippen LogP contribution >= 0.6 is 11.3 Å². The van der Waals surface area contributed by atoms with E-state index in [2.05, 4.69) is 60.1 Å². The molecule has 0 saturated carbocycles. The molecule has 174 valence electrons. The molecule has 2 aliphatic heterocycles. The van der Waals surface area contributed by atoms with Gasteiger partial charge in [-0.3, -0.25) is 14.8 Å². The maximum Gasteiger partial charge on any atom is 0.274 e. The molecule has 2 atom stereocenters. The molecule has 0 aliphatic carbocycles. The van der Waals surface area contributed by atoms with Crippen molar-refractivity contribution in [1.82, 2.24) is 20.0 Å². The van der Waals surface area contributed by atoms with Crippen LogP contribution in [-0.2, 0) is 17.8 Å². The van der Waals surface area contributed by atoms with Gasteiger partial charge < -0.3 is 14.4 Å². The van der Waals surface area contributed by atoms with E-state index in [-0.39, 0.29) is 18.1 Å². The molecule has 1 aromatic carbocycles. The summed E-state index contributed by atoms with van der Waals surface area (Å²) in [6, 6.07) is 12.3. The summed E-state index contributed by atoms with van der Waals surface area (Å²) in [5.41, 5.74) is 3.58. The van der Waals surface area contributed by atoms with Crippen molar-refractivity contribution >= 4 is 17.2 Å². The first-order chi connectivity index (χ1) is 15.9. The molecule has 8 heteroatoms. The highest BCUT2D eigenvalue weighted by Crippen LogP contribution is 2.28. The number of ether oxygens (including phenoxy) is 2. The fourth-order valence-electron chi connectivity index (χ4n) is 4.69. The Morgan fingerprint density at radius 3 is 2.76 bits per heavy atom. The lowest BCUT2D eigenvalue weighted by atomic mass is 10.1. The van der Waals surface area contributed by atoms with Crippen LogP contribution in [0.25, 0.3) is 10.6 Å². The number of morpholine rings is 1. The van der Waals surface area contributed by atoms with Gasteiger partial charge in [0, 0.05) is 36.6 Å². The number of H-pyrrole nitrogens is 1. The molecule has 4 heterocycles. The van der Waals surface area contributed by atoms with E-state index >= 15 is 0 Å². The lowest BCUT2D eigenvalue weighted by Crippen LogP contribution is -2.44. The highest BCUT2D eigenvalue weighted by Gasteiger charge is 2.25. The molecule has 1 N–H and O–H groups in total. The average Bonchev–Trinajstić information content (AvgIpc) is 3.37. The summed E-state index contributed by atoms with van der Waals surface area (Å²) in [5, 5.41) is 7.32. The lowest BCUT2D eigenvalue weighted by molar-refractivity contribution is -0.0705. The predicted molar refractivity (Wildman–Crippen MR) is 129 cm³/mol. The largest absolute Gasteiger partial charge is 0.491 e. The van der Waals surface area contributed by atoms with Gasteiger partial charge in [0.1, 0.15) is 12.4 Å². The number of benzene rings is 1. The van der Waals surface area contributed by atoms with Gasteiger partial charge in [0.25, 0.3) is 5.91 Å². The Labute approximate surface area is 198 Å². The number of fused-ring (bicyclic) bond motifs is 1. The van der Waals surface area contributed by atoms with Crippen LogP contribution in [0.5, 0.6) is 5.75 Å². The van der Waals surface area contributed by atoms with Gasteiger partial charge in [-0.1, -0.05) is 6.07 Å². The fourth-order valence-corrected chi connectivity index (χ4v) is 5.52. The van der Waals surface area contributed by atoms with Crippen molar-refractivity contribution in [3.8, 4) is 16.3 Å². The number of aryl methyl sites for hydroxylation is 1. The third-order valence-corrected chi connectivity index (χ3v) is 7.13. The quantitative estimate of drug-likeness (QED) is 0.627. The average molecular weight is 467 g/mol. The van der Waals surface area contributed by atoms with E-state index in [0.717, 1.165) is 41.5 Å². The van der Waals surface area contributed by atoms with E-state index in [0.29, 0.717) is 25.4 Å². The number of thiophene rings is 1. The van der Waals surface area contributed by atoms with Crippen molar-refractivity contribution in [3.63, 3.8) is 0 Å². The Kier molecular flexibility index (Phi) is 6.23. The minimum absolute atomic E-state index is 0.0801. The molecule has 0 spiro atoms. The van der Waals surface area contributed by atoms with Gasteiger partial charge in [-0.15, -0.1) is 11.3 Å². The Hall–Kier alpha value is -2.68. The van der Waals surface area contributed by atoms with E-state index in [1.54, 1.807) is 11.3 Å². The maximum absolute atomic E-state index is 13.3. The molecule has 7 nitrogen and oxygen atoms in total. The number of hydrogen-bond acceptors (Lipinski definition) is 6. The van der Waals surface area contributed by atoms with Crippen molar-refractivity contribution in [2.45, 2.75) is 46.1 Å². The standard InChI is InChI=1S/C25H30N4O3S/c1-16-12-28(13-17(2)32-16)14-19-5-6-23-20(10-19)15-29(8-9-31-23)25(30)22-11-21(26-27-22)24-7-4-18(3)33-24/h4-7,10-11,16-17H,8-9,12-15H2,1-3H3,(H,26,27)/t16-,17+. The molecular weight excluding hydrogens is 436 g/mol. The van der Waals surface area contributed by atoms with Gasteiger partial charge in [-0.2, -0.15) is 5.10 Å². The molecule has 0 radical (unpaired) electrons. The Bertz CT molecular complexity index is 1130. The number of nitrogens with one attached hydrogen (secondary N) is 1. The Morgan fingerprint density at radius 2 is 2.00 bits per heavy atom. The van der Waals surface area contributed by atoms with E-state index in [1.165, 1.54) is 10.4 Å². The monoisotopic (exact) mass is 466 g/mol. The number of amides is 1. The Balaban J connectivity index is 1.31. The normalized spacial score (nSPS) is 21.4. The highest BCUT2D eigenvalue weighted by atomic mass is 32.1. The molecular formula is C25H30N4O3S. The second-order valence-electron chi connectivity index (χ2n) is 9.05. The van der Waals surface area contributed by atoms with Gasteiger partial charge in [-0.05, 0) is 56.7 Å². The minimum atomic E-state index is -0.0801. The zero-order valence-corrected chi connectivity index (χ0v) is 20.2. The van der Waals surface area contributed by atoms with Gasteiger partial charge in [0.2, 0.25) is 0 Å². The summed E-state index contributed by atoms with van der Waals surface area (Å²) in [6.45, 7) is 10.5. The summed E-state index contributed by atoms with van der Waals surface area (Å²) in [6.07, 6.45) is 0.478. The summed E-state index contributed by atoms with van der Waals surface area (Å²) in [5.74, 6) is 0.776. The molecule has 5 rings (SSSR count). The molecule has 1 amide bonds. The van der Waals surface area contributed by atoms with Crippen LogP contribution in [0.4, 0.5) is 0 Å². The minimum Gasteiger partial charge on any atom is -0.491 e. The predicted octanol–water partition coefficient (Wildman–Crippen LogP) is 4.09. The number of carbonyl (C=O) groups excluding carboxylic acids is 1. The first-order valence-electron chi connectivity index (χ1n) is 11.5. The molecule has 3 aromatic rings. The highest BCUT2D eigenvalue weighted by molar-refractivity contribution is 7.15. The first kappa shape index (κ1) is 22.1. The van der Waals surface area contributed by atoms with E-state index in [4.69, 9.17) is 9.47 Å². The van der Waals surface area contributed by atoms with Crippen LogP contribution in [-0.4, -0.2) is 64.4 Å². The molecule has 1 fully saturated rings. The second kappa shape index (κ2) is 9.29. The zero-order valence-electron chi connectivity index (χ0n) is 19.3. The maximum atomic E-state index is 13.3. The summed E-state index contributed by atoms with van der Waals surface area (Å²) >= 11 is 1.68. The molecule has 0 unspecified atom stereocenters. The van der Waals surface area contributed by atoms with Crippen LogP contribution in [0.15, 0.2) is 36.4 Å². The lowest BCUT2D eigenvalue weighted by Gasteiger charge is -2.35. The molecule has 0 bridgehead atoms. The van der Waals surface area contributed by atoms with Crippen molar-refractivity contribution in [1.29, 1.82) is 0 Å². The molecule has 33 heavy (non-hydrogen) atoms. The van der Waals surface area contributed by atoms with E-state index in [9.17, 15) is 4.79 Å². The van der Waals surface area contributed by atoms with Crippen molar-refractivity contribution < 1.29 is 14.3 Å². The van der Waals surface area contributed by atoms with E-state index in [1.807, 2.05) is 17.0 Å². The van der Waals surface area contributed by atoms with Gasteiger partial charge >= 0.3 is 0 Å². The number of hydrogen-bond donors (Lipinski definition) is 1. The number of carbonyl (C=O) groups is 1. The van der Waals surface area contributed by atoms with Crippen LogP contribution in [0.3, 0.4) is 0 Å². The first-order valence-corrected chi connectivity index (χ1v) is 12.3. The van der Waals surface area contributed by atoms with E-state index < -0.39 is 0 Å². The topological polar surface area (TPSA) is 70.7 Å². The van der Waals surface area contributed by atoms with Crippen molar-refractivity contribution in [2.75, 3.05) is 26.2 Å². The molecule has 1 saturated heterocycles. The van der Waals surface area contributed by atoms with Crippen LogP contribution in [0.2, 0.25) is 0 Å². The second-order valence-corrected chi connectivity index (χ2v) is 10.3. The molecule has 2 aromatic heterocycles. The number of aromatic amines is 1. The molecule has 2 aliphatic rings. The summed E-state index contributed by atoms with van der Waals surface area (Å²) in [7, 11) is 0. The number of aromatic nitrogens is 2. The Morgan fingerprint density at radius 1 is 1.18 bits per heavy atom. The summed E-state index contributed by atoms with van der Waals surface area (Å²) in [4.78, 5) is 19.8. The van der Waals surface area contributed by atoms with Crippen molar-refractivity contribution in [2.24, 2.45) is 0 Å². The number of nitrogens with zero attached hydrogens (tertiary/aromatic N) is 3. The summed E-state index contributed by atoms with van der Waals surface area (Å²) < 4.78 is 11.8. The SMILES string of the molecule is Cc1ccc(-c2cc(C(=O)N3CCOc4ccc(CN5C[C@@H](C)O[C@@H](C)C5)cc4C3)n[nH]2)s1. The number of rotatable bonds is 4. The van der Waals surface area contributed by atoms with Gasteiger partial charge in [0.15, 0.2) is 5.69 Å². The smallest absolute Gasteiger partial charge is 0.274 e. The third-order valence-electron chi connectivity index (χ3n) is 6.10. The van der Waals surface area contributed by atoms with Gasteiger partial charge in [-0.25, -0.2) is 0 Å². The fraction of sp³-hybridized carbons (Fsp3) is 0.440. The van der Waals surface area contributed by atoms with Crippen LogP contribution < -0.4 is 4.74 Å². The van der Waals surface area contributed by atoms with Crippen LogP contribution in [0.1, 0.15) is 40.3 Å².